The first kappa shape index (κ1) is 11.4. The van der Waals surface area contributed by atoms with E-state index in [1.165, 1.54) is 12.8 Å². The molecule has 3 radical (unpaired) electrons. The Bertz CT molecular complexity index is 257. The summed E-state index contributed by atoms with van der Waals surface area (Å²) in [5.41, 5.74) is 0. The molecule has 0 aromatic carbocycles. The Morgan fingerprint density at radius 2 is 1.67 bits per heavy atom. The molecule has 0 heterocycles. The molecule has 0 N–H and O–H groups in total. The Morgan fingerprint density at radius 3 is 2.00 bits per heavy atom. The smallest absolute Gasteiger partial charge is 0.0324 e. The van der Waals surface area contributed by atoms with Crippen molar-refractivity contribution in [3.05, 3.63) is 12.2 Å². The van der Waals surface area contributed by atoms with E-state index in [2.05, 4.69) is 50.1 Å². The van der Waals surface area contributed by atoms with Gasteiger partial charge in [-0.3, -0.25) is 0 Å². The Balaban J connectivity index is 2.23. The molecular formula is C14H23Si. The van der Waals surface area contributed by atoms with E-state index in [4.69, 9.17) is 0 Å². The van der Waals surface area contributed by atoms with Crippen LogP contribution in [-0.4, -0.2) is 10.2 Å². The van der Waals surface area contributed by atoms with E-state index in [1.54, 1.807) is 0 Å². The molecule has 0 aromatic rings. The van der Waals surface area contributed by atoms with Gasteiger partial charge in [0.1, 0.15) is 0 Å². The molecule has 3 unspecified atom stereocenters. The van der Waals surface area contributed by atoms with E-state index >= 15 is 0 Å². The average Bonchev–Trinajstić information content (AvgIpc) is 2.76. The standard InChI is InChI=1S/C14H23Si/c1-9(2)14(15,10(3)4)13-8-11-5-6-12(13)7-11/h5-6,9-13H,7-8H2,1-4H3. The fourth-order valence-electron chi connectivity index (χ4n) is 3.85. The molecule has 2 rings (SSSR count). The summed E-state index contributed by atoms with van der Waals surface area (Å²) in [6.45, 7) is 9.46. The summed E-state index contributed by atoms with van der Waals surface area (Å²) < 4.78 is 0. The quantitative estimate of drug-likeness (QED) is 0.500. The normalized spacial score (nSPS) is 34.7. The summed E-state index contributed by atoms with van der Waals surface area (Å²) in [5, 5.41) is 0.337. The summed E-state index contributed by atoms with van der Waals surface area (Å²) in [4.78, 5) is 0. The summed E-state index contributed by atoms with van der Waals surface area (Å²) >= 11 is 0. The fraction of sp³-hybridized carbons (Fsp3) is 0.857. The van der Waals surface area contributed by atoms with E-state index in [-0.39, 0.29) is 0 Å². The first-order valence-electron chi connectivity index (χ1n) is 6.39. The van der Waals surface area contributed by atoms with Crippen molar-refractivity contribution < 1.29 is 0 Å². The molecule has 15 heavy (non-hydrogen) atoms. The van der Waals surface area contributed by atoms with Crippen LogP contribution in [0, 0.1) is 29.6 Å². The zero-order valence-corrected chi connectivity index (χ0v) is 11.5. The van der Waals surface area contributed by atoms with Gasteiger partial charge >= 0.3 is 0 Å². The lowest BCUT2D eigenvalue weighted by molar-refractivity contribution is 0.183. The number of rotatable bonds is 3. The third kappa shape index (κ3) is 1.63. The molecule has 2 aliphatic carbocycles. The summed E-state index contributed by atoms with van der Waals surface area (Å²) in [6.07, 6.45) is 7.73. The van der Waals surface area contributed by atoms with Gasteiger partial charge in [0.05, 0.1) is 0 Å². The van der Waals surface area contributed by atoms with Crippen molar-refractivity contribution in [1.82, 2.24) is 0 Å². The topological polar surface area (TPSA) is 0 Å². The lowest BCUT2D eigenvalue weighted by Gasteiger charge is -2.46. The number of fused-ring (bicyclic) bond motifs is 2. The number of allylic oxidation sites excluding steroid dienone is 2. The predicted octanol–water partition coefficient (Wildman–Crippen LogP) is 3.84. The highest BCUT2D eigenvalue weighted by atomic mass is 28.1. The Morgan fingerprint density at radius 1 is 1.07 bits per heavy atom. The van der Waals surface area contributed by atoms with E-state index in [0.29, 0.717) is 16.9 Å². The first-order chi connectivity index (χ1) is 6.96. The maximum atomic E-state index is 4.17. The molecule has 0 aliphatic heterocycles. The second-order valence-corrected chi connectivity index (χ2v) is 7.00. The number of hydrogen-bond acceptors (Lipinski definition) is 0. The van der Waals surface area contributed by atoms with Crippen LogP contribution >= 0.6 is 0 Å². The van der Waals surface area contributed by atoms with Crippen molar-refractivity contribution in [2.45, 2.75) is 45.6 Å². The van der Waals surface area contributed by atoms with Gasteiger partial charge in [-0.05, 0) is 47.5 Å². The minimum Gasteiger partial charge on any atom is -0.0851 e. The lowest BCUT2D eigenvalue weighted by atomic mass is 9.69. The summed E-state index contributed by atoms with van der Waals surface area (Å²) in [7, 11) is 4.17. The third-order valence-corrected chi connectivity index (χ3v) is 6.33. The maximum Gasteiger partial charge on any atom is 0.0324 e. The summed E-state index contributed by atoms with van der Waals surface area (Å²) in [6, 6.07) is 0. The van der Waals surface area contributed by atoms with Gasteiger partial charge in [-0.2, -0.15) is 0 Å². The van der Waals surface area contributed by atoms with Gasteiger partial charge in [0.2, 0.25) is 0 Å². The van der Waals surface area contributed by atoms with Gasteiger partial charge < -0.3 is 0 Å². The van der Waals surface area contributed by atoms with Crippen LogP contribution in [0.15, 0.2) is 12.2 Å². The highest BCUT2D eigenvalue weighted by molar-refractivity contribution is 6.16. The molecule has 0 nitrogen and oxygen atoms in total. The Labute approximate surface area is 98.0 Å². The zero-order valence-electron chi connectivity index (χ0n) is 10.5. The van der Waals surface area contributed by atoms with Gasteiger partial charge in [-0.15, -0.1) is 0 Å². The molecule has 83 valence electrons. The molecule has 0 aromatic heterocycles. The molecule has 3 atom stereocenters. The second-order valence-electron chi connectivity index (χ2n) is 6.13. The van der Waals surface area contributed by atoms with E-state index < -0.39 is 0 Å². The monoisotopic (exact) mass is 219 g/mol. The van der Waals surface area contributed by atoms with E-state index in [1.807, 2.05) is 0 Å². The highest BCUT2D eigenvalue weighted by Crippen LogP contribution is 2.59. The van der Waals surface area contributed by atoms with Crippen LogP contribution in [0.1, 0.15) is 40.5 Å². The molecule has 0 amide bonds. The van der Waals surface area contributed by atoms with Gasteiger partial charge in [-0.25, -0.2) is 0 Å². The Hall–Kier alpha value is -0.0431. The minimum atomic E-state index is 0.337. The average molecular weight is 219 g/mol. The first-order valence-corrected chi connectivity index (χ1v) is 6.89. The van der Waals surface area contributed by atoms with Crippen LogP contribution in [0.25, 0.3) is 0 Å². The van der Waals surface area contributed by atoms with Crippen LogP contribution in [0.2, 0.25) is 5.04 Å². The second kappa shape index (κ2) is 3.76. The SMILES string of the molecule is CC(C)C([Si])(C(C)C)C1CC2C=CC1C2. The van der Waals surface area contributed by atoms with Crippen LogP contribution in [-0.2, 0) is 0 Å². The molecule has 2 aliphatic rings. The zero-order chi connectivity index (χ0) is 11.2. The molecule has 1 heteroatoms. The molecule has 1 saturated carbocycles. The third-order valence-electron chi connectivity index (χ3n) is 4.80. The lowest BCUT2D eigenvalue weighted by Crippen LogP contribution is -2.36. The largest absolute Gasteiger partial charge is 0.0851 e. The maximum absolute atomic E-state index is 4.17. The molecule has 0 spiro atoms. The summed E-state index contributed by atoms with van der Waals surface area (Å²) in [5.74, 6) is 4.01. The highest BCUT2D eigenvalue weighted by Gasteiger charge is 2.48. The Kier molecular flexibility index (Phi) is 2.87. The predicted molar refractivity (Wildman–Crippen MR) is 67.0 cm³/mol. The van der Waals surface area contributed by atoms with E-state index in [9.17, 15) is 0 Å². The van der Waals surface area contributed by atoms with Crippen molar-refractivity contribution in [2.75, 3.05) is 0 Å². The van der Waals surface area contributed by atoms with Crippen LogP contribution < -0.4 is 0 Å². The molecular weight excluding hydrogens is 196 g/mol. The van der Waals surface area contributed by atoms with Crippen LogP contribution in [0.3, 0.4) is 0 Å². The van der Waals surface area contributed by atoms with Gasteiger partial charge in [-0.1, -0.05) is 39.8 Å². The van der Waals surface area contributed by atoms with Crippen LogP contribution in [0.4, 0.5) is 0 Å². The van der Waals surface area contributed by atoms with Crippen molar-refractivity contribution in [2.24, 2.45) is 29.6 Å². The van der Waals surface area contributed by atoms with Gasteiger partial charge in [0, 0.05) is 10.2 Å². The van der Waals surface area contributed by atoms with Crippen molar-refractivity contribution in [1.29, 1.82) is 0 Å². The van der Waals surface area contributed by atoms with Crippen LogP contribution in [0.5, 0.6) is 0 Å². The fourth-order valence-corrected chi connectivity index (χ4v) is 4.18. The van der Waals surface area contributed by atoms with Crippen molar-refractivity contribution >= 4 is 10.2 Å². The van der Waals surface area contributed by atoms with Crippen molar-refractivity contribution in [3.8, 4) is 0 Å². The van der Waals surface area contributed by atoms with Gasteiger partial charge in [0.15, 0.2) is 0 Å². The minimum absolute atomic E-state index is 0.337. The van der Waals surface area contributed by atoms with E-state index in [0.717, 1.165) is 17.8 Å². The van der Waals surface area contributed by atoms with Crippen molar-refractivity contribution in [3.63, 3.8) is 0 Å². The molecule has 2 bridgehead atoms. The molecule has 1 fully saturated rings. The molecule has 0 saturated heterocycles. The van der Waals surface area contributed by atoms with Gasteiger partial charge in [0.25, 0.3) is 0 Å². The number of hydrogen-bond donors (Lipinski definition) is 0.